The van der Waals surface area contributed by atoms with Gasteiger partial charge in [-0.15, -0.1) is 4.91 Å². The zero-order valence-corrected chi connectivity index (χ0v) is 8.61. The predicted molar refractivity (Wildman–Crippen MR) is 55.6 cm³/mol. The van der Waals surface area contributed by atoms with E-state index in [0.717, 1.165) is 12.1 Å². The van der Waals surface area contributed by atoms with Crippen molar-refractivity contribution in [3.63, 3.8) is 0 Å². The lowest BCUT2D eigenvalue weighted by Crippen LogP contribution is -2.36. The number of nitrogens with two attached hydrogens (primary N) is 1. The molecule has 0 unspecified atom stereocenters. The van der Waals surface area contributed by atoms with E-state index in [4.69, 9.17) is 10.8 Å². The molecule has 0 aliphatic carbocycles. The Labute approximate surface area is 91.0 Å². The second-order valence-corrected chi connectivity index (χ2v) is 3.74. The molecule has 0 heterocycles. The van der Waals surface area contributed by atoms with E-state index in [1.54, 1.807) is 0 Å². The largest absolute Gasteiger partial charge is 0.481 e. The van der Waals surface area contributed by atoms with Crippen molar-refractivity contribution in [2.24, 2.45) is 10.9 Å². The zero-order chi connectivity index (χ0) is 12.3. The zero-order valence-electron chi connectivity index (χ0n) is 8.61. The molecule has 1 rings (SSSR count). The van der Waals surface area contributed by atoms with Gasteiger partial charge in [-0.25, -0.2) is 4.39 Å². The van der Waals surface area contributed by atoms with E-state index in [1.807, 2.05) is 0 Å². The molecule has 0 saturated carbocycles. The summed E-state index contributed by atoms with van der Waals surface area (Å²) in [5, 5.41) is 11.3. The van der Waals surface area contributed by atoms with Gasteiger partial charge in [-0.05, 0) is 30.3 Å². The number of carbonyl (C=O) groups is 1. The summed E-state index contributed by atoms with van der Waals surface area (Å²) in [5.74, 6) is -1.80. The van der Waals surface area contributed by atoms with Crippen LogP contribution in [0.2, 0.25) is 0 Å². The number of benzene rings is 1. The van der Waals surface area contributed by atoms with Gasteiger partial charge >= 0.3 is 5.97 Å². The standard InChI is InChI=1S/C10H11FN2O3/c1-10(12,5-9(14)15)7-4-6(13-16)2-3-8(7)11/h2-4H,5,12H2,1H3,(H,14,15)/t10-/m0/s1. The fourth-order valence-electron chi connectivity index (χ4n) is 1.42. The minimum Gasteiger partial charge on any atom is -0.481 e. The summed E-state index contributed by atoms with van der Waals surface area (Å²) < 4.78 is 13.4. The molecule has 6 heteroatoms. The summed E-state index contributed by atoms with van der Waals surface area (Å²) in [6, 6.07) is 3.40. The normalized spacial score (nSPS) is 14.2. The van der Waals surface area contributed by atoms with E-state index < -0.39 is 23.7 Å². The van der Waals surface area contributed by atoms with E-state index in [2.05, 4.69) is 5.18 Å². The number of nitroso groups, excluding NO2 is 1. The molecule has 5 nitrogen and oxygen atoms in total. The Balaban J connectivity index is 3.19. The Morgan fingerprint density at radius 3 is 2.75 bits per heavy atom. The van der Waals surface area contributed by atoms with Crippen LogP contribution in [0.3, 0.4) is 0 Å². The summed E-state index contributed by atoms with van der Waals surface area (Å²) in [6.45, 7) is 1.38. The highest BCUT2D eigenvalue weighted by Crippen LogP contribution is 2.28. The second-order valence-electron chi connectivity index (χ2n) is 3.74. The lowest BCUT2D eigenvalue weighted by molar-refractivity contribution is -0.138. The third kappa shape index (κ3) is 2.60. The molecule has 0 aromatic heterocycles. The molecular weight excluding hydrogens is 215 g/mol. The van der Waals surface area contributed by atoms with Crippen molar-refractivity contribution in [2.75, 3.05) is 0 Å². The molecule has 3 N–H and O–H groups in total. The highest BCUT2D eigenvalue weighted by molar-refractivity contribution is 5.69. The Bertz CT molecular complexity index is 432. The fraction of sp³-hybridized carbons (Fsp3) is 0.300. The number of hydrogen-bond donors (Lipinski definition) is 2. The molecular formula is C10H11FN2O3. The van der Waals surface area contributed by atoms with Crippen molar-refractivity contribution in [3.05, 3.63) is 34.5 Å². The van der Waals surface area contributed by atoms with E-state index in [9.17, 15) is 14.1 Å². The van der Waals surface area contributed by atoms with Crippen molar-refractivity contribution in [2.45, 2.75) is 18.9 Å². The van der Waals surface area contributed by atoms with Crippen molar-refractivity contribution in [1.29, 1.82) is 0 Å². The van der Waals surface area contributed by atoms with Crippen molar-refractivity contribution >= 4 is 11.7 Å². The third-order valence-electron chi connectivity index (χ3n) is 2.19. The topological polar surface area (TPSA) is 92.8 Å². The Hall–Kier alpha value is -1.82. The first-order valence-electron chi connectivity index (χ1n) is 4.51. The van der Waals surface area contributed by atoms with Crippen LogP contribution in [0, 0.1) is 10.7 Å². The summed E-state index contributed by atoms with van der Waals surface area (Å²) in [6.07, 6.45) is -0.438. The van der Waals surface area contributed by atoms with Crippen LogP contribution in [0.1, 0.15) is 18.9 Å². The van der Waals surface area contributed by atoms with Crippen LogP contribution in [-0.2, 0) is 10.3 Å². The maximum absolute atomic E-state index is 13.4. The quantitative estimate of drug-likeness (QED) is 0.766. The Morgan fingerprint density at radius 2 is 2.25 bits per heavy atom. The molecule has 0 aliphatic rings. The van der Waals surface area contributed by atoms with Crippen LogP contribution in [0.15, 0.2) is 23.4 Å². The molecule has 0 bridgehead atoms. The van der Waals surface area contributed by atoms with Gasteiger partial charge in [0.15, 0.2) is 0 Å². The molecule has 16 heavy (non-hydrogen) atoms. The van der Waals surface area contributed by atoms with E-state index in [-0.39, 0.29) is 11.3 Å². The lowest BCUT2D eigenvalue weighted by Gasteiger charge is -2.23. The third-order valence-corrected chi connectivity index (χ3v) is 2.19. The smallest absolute Gasteiger partial charge is 0.305 e. The molecule has 1 aromatic rings. The second kappa shape index (κ2) is 4.36. The van der Waals surface area contributed by atoms with Gasteiger partial charge < -0.3 is 10.8 Å². The summed E-state index contributed by atoms with van der Waals surface area (Å²) >= 11 is 0. The number of carboxylic acid groups (broad SMARTS) is 1. The van der Waals surface area contributed by atoms with E-state index >= 15 is 0 Å². The summed E-state index contributed by atoms with van der Waals surface area (Å²) in [5.41, 5.74) is 4.30. The van der Waals surface area contributed by atoms with Gasteiger partial charge in [0.2, 0.25) is 0 Å². The maximum atomic E-state index is 13.4. The van der Waals surface area contributed by atoms with Crippen molar-refractivity contribution in [1.82, 2.24) is 0 Å². The van der Waals surface area contributed by atoms with E-state index in [0.29, 0.717) is 0 Å². The van der Waals surface area contributed by atoms with Crippen LogP contribution in [-0.4, -0.2) is 11.1 Å². The van der Waals surface area contributed by atoms with Gasteiger partial charge in [0.25, 0.3) is 0 Å². The number of halogens is 1. The average molecular weight is 226 g/mol. The number of aliphatic carboxylic acids is 1. The van der Waals surface area contributed by atoms with Gasteiger partial charge in [0.05, 0.1) is 12.0 Å². The number of nitrogens with zero attached hydrogens (tertiary/aromatic N) is 1. The molecule has 0 amide bonds. The molecule has 0 radical (unpaired) electrons. The number of rotatable bonds is 4. The van der Waals surface area contributed by atoms with Crippen LogP contribution in [0.25, 0.3) is 0 Å². The highest BCUT2D eigenvalue weighted by atomic mass is 19.1. The molecule has 0 saturated heterocycles. The fourth-order valence-corrected chi connectivity index (χ4v) is 1.42. The molecule has 1 atom stereocenters. The molecule has 1 aromatic carbocycles. The van der Waals surface area contributed by atoms with Crippen LogP contribution in [0.5, 0.6) is 0 Å². The van der Waals surface area contributed by atoms with Crippen LogP contribution < -0.4 is 5.73 Å². The minimum atomic E-state index is -1.38. The van der Waals surface area contributed by atoms with Crippen molar-refractivity contribution in [3.8, 4) is 0 Å². The lowest BCUT2D eigenvalue weighted by atomic mass is 9.89. The Morgan fingerprint density at radius 1 is 1.62 bits per heavy atom. The van der Waals surface area contributed by atoms with E-state index in [1.165, 1.54) is 13.0 Å². The van der Waals surface area contributed by atoms with Crippen LogP contribution in [0.4, 0.5) is 10.1 Å². The van der Waals surface area contributed by atoms with Gasteiger partial charge in [-0.2, -0.15) is 0 Å². The molecule has 0 spiro atoms. The minimum absolute atomic E-state index is 0.0125. The first-order chi connectivity index (χ1) is 7.36. The molecule has 86 valence electrons. The number of hydrogen-bond acceptors (Lipinski definition) is 4. The average Bonchev–Trinajstić information content (AvgIpc) is 2.16. The number of carboxylic acids is 1. The van der Waals surface area contributed by atoms with Gasteiger partial charge in [-0.1, -0.05) is 0 Å². The molecule has 0 fully saturated rings. The van der Waals surface area contributed by atoms with Gasteiger partial charge in [-0.3, -0.25) is 4.79 Å². The maximum Gasteiger partial charge on any atom is 0.305 e. The van der Waals surface area contributed by atoms with Gasteiger partial charge in [0.1, 0.15) is 11.5 Å². The first-order valence-corrected chi connectivity index (χ1v) is 4.51. The predicted octanol–water partition coefficient (Wildman–Crippen LogP) is 1.87. The SMILES string of the molecule is C[C@](N)(CC(=O)O)c1cc(N=O)ccc1F. The Kier molecular flexibility index (Phi) is 3.34. The molecule has 0 aliphatic heterocycles. The first kappa shape index (κ1) is 12.3. The highest BCUT2D eigenvalue weighted by Gasteiger charge is 2.28. The summed E-state index contributed by atoms with van der Waals surface area (Å²) in [4.78, 5) is 20.9. The summed E-state index contributed by atoms with van der Waals surface area (Å²) in [7, 11) is 0. The van der Waals surface area contributed by atoms with Crippen LogP contribution >= 0.6 is 0 Å². The van der Waals surface area contributed by atoms with Crippen molar-refractivity contribution < 1.29 is 14.3 Å². The monoisotopic (exact) mass is 226 g/mol. The van der Waals surface area contributed by atoms with Gasteiger partial charge in [0, 0.05) is 5.56 Å².